The number of benzene rings is 1. The first-order valence-corrected chi connectivity index (χ1v) is 5.56. The molecule has 1 aromatic heterocycles. The maximum Gasteiger partial charge on any atom is 0.129 e. The number of aryl methyl sites for hydroxylation is 2. The zero-order valence-electron chi connectivity index (χ0n) is 10.1. The molecule has 2 N–H and O–H groups in total. The average Bonchev–Trinajstić information content (AvgIpc) is 2.73. The summed E-state index contributed by atoms with van der Waals surface area (Å²) in [5.74, 6) is -0.123. The zero-order valence-corrected chi connectivity index (χ0v) is 10.1. The van der Waals surface area contributed by atoms with Gasteiger partial charge in [-0.15, -0.1) is 0 Å². The number of hydrogen-bond donors (Lipinski definition) is 1. The predicted molar refractivity (Wildman–Crippen MR) is 65.1 cm³/mol. The number of nitrogens with two attached hydrogens (primary N) is 1. The lowest BCUT2D eigenvalue weighted by molar-refractivity contribution is 0.607. The average molecular weight is 233 g/mol. The number of rotatable bonds is 3. The van der Waals surface area contributed by atoms with Crippen molar-refractivity contribution in [3.8, 4) is 0 Å². The van der Waals surface area contributed by atoms with Crippen molar-refractivity contribution in [2.75, 3.05) is 0 Å². The summed E-state index contributed by atoms with van der Waals surface area (Å²) in [7, 11) is 0. The molecule has 0 unspecified atom stereocenters. The highest BCUT2D eigenvalue weighted by Crippen LogP contribution is 2.15. The largest absolute Gasteiger partial charge is 0.333 e. The van der Waals surface area contributed by atoms with E-state index in [-0.39, 0.29) is 5.82 Å². The van der Waals surface area contributed by atoms with E-state index in [4.69, 9.17) is 5.73 Å². The molecule has 90 valence electrons. The normalized spacial score (nSPS) is 10.8. The molecule has 0 radical (unpaired) electrons. The van der Waals surface area contributed by atoms with E-state index in [2.05, 4.69) is 4.98 Å². The summed E-state index contributed by atoms with van der Waals surface area (Å²) < 4.78 is 15.4. The highest BCUT2D eigenvalue weighted by Gasteiger charge is 2.05. The molecule has 0 aliphatic rings. The van der Waals surface area contributed by atoms with Crippen LogP contribution in [-0.2, 0) is 13.1 Å². The zero-order chi connectivity index (χ0) is 12.4. The topological polar surface area (TPSA) is 43.8 Å². The lowest BCUT2D eigenvalue weighted by Gasteiger charge is -2.07. The molecule has 0 saturated carbocycles. The molecule has 1 heterocycles. The number of aromatic nitrogens is 2. The second-order valence-electron chi connectivity index (χ2n) is 4.29. The Morgan fingerprint density at radius 3 is 2.47 bits per heavy atom. The minimum Gasteiger partial charge on any atom is -0.333 e. The molecular formula is C13H16FN3. The van der Waals surface area contributed by atoms with E-state index in [0.717, 1.165) is 11.3 Å². The molecule has 0 fully saturated rings. The van der Waals surface area contributed by atoms with E-state index in [1.807, 2.05) is 22.9 Å². The van der Waals surface area contributed by atoms with E-state index < -0.39 is 0 Å². The minimum atomic E-state index is -0.123. The first-order valence-electron chi connectivity index (χ1n) is 5.56. The van der Waals surface area contributed by atoms with Crippen LogP contribution >= 0.6 is 0 Å². The Kier molecular flexibility index (Phi) is 3.24. The summed E-state index contributed by atoms with van der Waals surface area (Å²) in [5, 5.41) is 0. The molecule has 0 amide bonds. The molecule has 1 aromatic carbocycles. The summed E-state index contributed by atoms with van der Waals surface area (Å²) in [6.07, 6.45) is 3.66. The van der Waals surface area contributed by atoms with Crippen molar-refractivity contribution in [2.45, 2.75) is 26.9 Å². The van der Waals surface area contributed by atoms with Gasteiger partial charge in [-0.3, -0.25) is 0 Å². The van der Waals surface area contributed by atoms with Crippen LogP contribution in [0.2, 0.25) is 0 Å². The molecule has 0 atom stereocenters. The Balaban J connectivity index is 2.24. The third-order valence-corrected chi connectivity index (χ3v) is 2.76. The smallest absolute Gasteiger partial charge is 0.129 e. The van der Waals surface area contributed by atoms with E-state index >= 15 is 0 Å². The van der Waals surface area contributed by atoms with Gasteiger partial charge < -0.3 is 10.3 Å². The third kappa shape index (κ3) is 2.53. The van der Waals surface area contributed by atoms with Gasteiger partial charge in [-0.25, -0.2) is 9.37 Å². The fourth-order valence-corrected chi connectivity index (χ4v) is 1.94. The van der Waals surface area contributed by atoms with E-state index in [9.17, 15) is 4.39 Å². The lowest BCUT2D eigenvalue weighted by Crippen LogP contribution is -2.00. The van der Waals surface area contributed by atoms with Crippen LogP contribution in [0.15, 0.2) is 24.7 Å². The third-order valence-electron chi connectivity index (χ3n) is 2.76. The van der Waals surface area contributed by atoms with Gasteiger partial charge in [-0.1, -0.05) is 12.1 Å². The SMILES string of the molecule is Cc1cc(Cn2cnc(CN)c2)cc(C)c1F. The maximum absolute atomic E-state index is 13.5. The number of imidazole rings is 1. The van der Waals surface area contributed by atoms with Crippen LogP contribution in [0.5, 0.6) is 0 Å². The monoisotopic (exact) mass is 233 g/mol. The van der Waals surface area contributed by atoms with Crippen molar-refractivity contribution in [1.82, 2.24) is 9.55 Å². The molecule has 17 heavy (non-hydrogen) atoms. The van der Waals surface area contributed by atoms with E-state index in [1.165, 1.54) is 0 Å². The summed E-state index contributed by atoms with van der Waals surface area (Å²) in [5.41, 5.74) is 8.79. The molecule has 0 aliphatic carbocycles. The quantitative estimate of drug-likeness (QED) is 0.882. The highest BCUT2D eigenvalue weighted by molar-refractivity contribution is 5.30. The van der Waals surface area contributed by atoms with Crippen molar-refractivity contribution in [3.63, 3.8) is 0 Å². The van der Waals surface area contributed by atoms with Gasteiger partial charge in [-0.05, 0) is 30.5 Å². The lowest BCUT2D eigenvalue weighted by atomic mass is 10.1. The molecule has 2 aromatic rings. The fourth-order valence-electron chi connectivity index (χ4n) is 1.94. The second-order valence-corrected chi connectivity index (χ2v) is 4.29. The van der Waals surface area contributed by atoms with Crippen LogP contribution in [0, 0.1) is 19.7 Å². The van der Waals surface area contributed by atoms with Crippen molar-refractivity contribution in [1.29, 1.82) is 0 Å². The van der Waals surface area contributed by atoms with Crippen molar-refractivity contribution < 1.29 is 4.39 Å². The number of hydrogen-bond acceptors (Lipinski definition) is 2. The van der Waals surface area contributed by atoms with E-state index in [1.54, 1.807) is 20.2 Å². The standard InChI is InChI=1S/C13H16FN3/c1-9-3-11(4-10(2)13(9)14)6-17-7-12(5-15)16-8-17/h3-4,7-8H,5-6,15H2,1-2H3. The van der Waals surface area contributed by atoms with Gasteiger partial charge in [0, 0.05) is 19.3 Å². The predicted octanol–water partition coefficient (Wildman–Crippen LogP) is 2.15. The number of nitrogens with zero attached hydrogens (tertiary/aromatic N) is 2. The van der Waals surface area contributed by atoms with Gasteiger partial charge in [-0.2, -0.15) is 0 Å². The van der Waals surface area contributed by atoms with Gasteiger partial charge in [0.1, 0.15) is 5.82 Å². The first-order chi connectivity index (χ1) is 8.10. The number of halogens is 1. The van der Waals surface area contributed by atoms with Gasteiger partial charge in [0.25, 0.3) is 0 Å². The molecule has 0 bridgehead atoms. The van der Waals surface area contributed by atoms with Crippen molar-refractivity contribution >= 4 is 0 Å². The molecule has 4 heteroatoms. The summed E-state index contributed by atoms with van der Waals surface area (Å²) >= 11 is 0. The first kappa shape index (κ1) is 11.8. The molecule has 0 saturated heterocycles. The summed E-state index contributed by atoms with van der Waals surface area (Å²) in [4.78, 5) is 4.16. The summed E-state index contributed by atoms with van der Waals surface area (Å²) in [6, 6.07) is 3.73. The van der Waals surface area contributed by atoms with Crippen LogP contribution in [0.4, 0.5) is 4.39 Å². The highest BCUT2D eigenvalue weighted by atomic mass is 19.1. The molecule has 2 rings (SSSR count). The summed E-state index contributed by atoms with van der Waals surface area (Å²) in [6.45, 7) is 4.69. The van der Waals surface area contributed by atoms with Gasteiger partial charge >= 0.3 is 0 Å². The van der Waals surface area contributed by atoms with Crippen molar-refractivity contribution in [2.24, 2.45) is 5.73 Å². The van der Waals surface area contributed by atoms with E-state index in [0.29, 0.717) is 24.2 Å². The van der Waals surface area contributed by atoms with Gasteiger partial charge in [0.05, 0.1) is 12.0 Å². The second kappa shape index (κ2) is 4.67. The molecule has 0 aliphatic heterocycles. The Morgan fingerprint density at radius 1 is 1.29 bits per heavy atom. The van der Waals surface area contributed by atoms with Crippen LogP contribution in [0.1, 0.15) is 22.4 Å². The van der Waals surface area contributed by atoms with Crippen LogP contribution in [0.3, 0.4) is 0 Å². The Bertz CT molecular complexity index is 508. The maximum atomic E-state index is 13.5. The molecule has 3 nitrogen and oxygen atoms in total. The Morgan fingerprint density at radius 2 is 1.94 bits per heavy atom. The van der Waals surface area contributed by atoms with Crippen LogP contribution < -0.4 is 5.73 Å². The minimum absolute atomic E-state index is 0.123. The Hall–Kier alpha value is -1.68. The van der Waals surface area contributed by atoms with Gasteiger partial charge in [0.2, 0.25) is 0 Å². The molecular weight excluding hydrogens is 217 g/mol. The van der Waals surface area contributed by atoms with Crippen LogP contribution in [-0.4, -0.2) is 9.55 Å². The molecule has 0 spiro atoms. The van der Waals surface area contributed by atoms with Crippen molar-refractivity contribution in [3.05, 3.63) is 52.9 Å². The Labute approximate surface area is 100 Å². The van der Waals surface area contributed by atoms with Gasteiger partial charge in [0.15, 0.2) is 0 Å². The fraction of sp³-hybridized carbons (Fsp3) is 0.308. The van der Waals surface area contributed by atoms with Crippen LogP contribution in [0.25, 0.3) is 0 Å².